The summed E-state index contributed by atoms with van der Waals surface area (Å²) in [5, 5.41) is 10.3. The third-order valence-electron chi connectivity index (χ3n) is 4.95. The van der Waals surface area contributed by atoms with Gasteiger partial charge in [0.1, 0.15) is 5.82 Å². The van der Waals surface area contributed by atoms with Crippen molar-refractivity contribution in [2.24, 2.45) is 0 Å². The van der Waals surface area contributed by atoms with Crippen molar-refractivity contribution in [3.05, 3.63) is 59.9 Å². The van der Waals surface area contributed by atoms with Crippen LogP contribution in [0.2, 0.25) is 0 Å². The van der Waals surface area contributed by atoms with Crippen LogP contribution in [-0.4, -0.2) is 31.0 Å². The van der Waals surface area contributed by atoms with Gasteiger partial charge in [0.15, 0.2) is 5.65 Å². The number of unbranched alkanes of at least 4 members (excludes halogenated alkanes) is 3. The Morgan fingerprint density at radius 3 is 2.61 bits per heavy atom. The van der Waals surface area contributed by atoms with Crippen LogP contribution in [0.25, 0.3) is 11.0 Å². The Bertz CT molecular complexity index is 912. The summed E-state index contributed by atoms with van der Waals surface area (Å²) in [6.07, 6.45) is 11.5. The number of carbonyl (C=O) groups is 1. The third-order valence-corrected chi connectivity index (χ3v) is 4.95. The molecule has 0 saturated carbocycles. The highest BCUT2D eigenvalue weighted by Crippen LogP contribution is 2.25. The van der Waals surface area contributed by atoms with E-state index in [2.05, 4.69) is 32.1 Å². The number of aryl methyl sites for hydroxylation is 2. The SMILES string of the molecule is Cc1ncc([C@@H](CCCCCCc2ccc3cccnc3n2)CC(=O)O)cn1. The van der Waals surface area contributed by atoms with Crippen molar-refractivity contribution in [3.8, 4) is 0 Å². The van der Waals surface area contributed by atoms with Crippen LogP contribution in [0.3, 0.4) is 0 Å². The van der Waals surface area contributed by atoms with Gasteiger partial charge in [-0.2, -0.15) is 0 Å². The molecule has 0 amide bonds. The summed E-state index contributed by atoms with van der Waals surface area (Å²) in [7, 11) is 0. The average Bonchev–Trinajstić information content (AvgIpc) is 2.70. The number of carboxylic acid groups (broad SMARTS) is 1. The summed E-state index contributed by atoms with van der Waals surface area (Å²) in [4.78, 5) is 28.5. The van der Waals surface area contributed by atoms with Gasteiger partial charge in [0.2, 0.25) is 0 Å². The highest BCUT2D eigenvalue weighted by Gasteiger charge is 2.16. The lowest BCUT2D eigenvalue weighted by Gasteiger charge is -2.14. The summed E-state index contributed by atoms with van der Waals surface area (Å²) >= 11 is 0. The number of rotatable bonds is 10. The summed E-state index contributed by atoms with van der Waals surface area (Å²) in [6.45, 7) is 1.83. The van der Waals surface area contributed by atoms with Crippen LogP contribution < -0.4 is 0 Å². The quantitative estimate of drug-likeness (QED) is 0.523. The first-order valence-electron chi connectivity index (χ1n) is 9.83. The van der Waals surface area contributed by atoms with E-state index in [4.69, 9.17) is 0 Å². The second-order valence-corrected chi connectivity index (χ2v) is 7.16. The molecule has 28 heavy (non-hydrogen) atoms. The predicted molar refractivity (Wildman–Crippen MR) is 108 cm³/mol. The number of fused-ring (bicyclic) bond motifs is 1. The maximum Gasteiger partial charge on any atom is 0.303 e. The van der Waals surface area contributed by atoms with Crippen LogP contribution in [0.15, 0.2) is 42.9 Å². The number of pyridine rings is 2. The largest absolute Gasteiger partial charge is 0.481 e. The number of hydrogen-bond acceptors (Lipinski definition) is 5. The molecule has 0 unspecified atom stereocenters. The van der Waals surface area contributed by atoms with Crippen molar-refractivity contribution < 1.29 is 9.90 Å². The fraction of sp³-hybridized carbons (Fsp3) is 0.409. The van der Waals surface area contributed by atoms with Crippen LogP contribution in [0.1, 0.15) is 61.5 Å². The molecule has 0 aliphatic carbocycles. The van der Waals surface area contributed by atoms with Gasteiger partial charge in [0.05, 0.1) is 6.42 Å². The first kappa shape index (κ1) is 19.9. The molecule has 0 aliphatic rings. The number of aromatic nitrogens is 4. The third kappa shape index (κ3) is 5.81. The fourth-order valence-electron chi connectivity index (χ4n) is 3.39. The van der Waals surface area contributed by atoms with E-state index in [1.165, 1.54) is 0 Å². The first-order chi connectivity index (χ1) is 13.6. The zero-order valence-corrected chi connectivity index (χ0v) is 16.2. The molecule has 146 valence electrons. The molecule has 3 aromatic rings. The molecule has 0 aliphatic heterocycles. The maximum absolute atomic E-state index is 11.2. The highest BCUT2D eigenvalue weighted by molar-refractivity contribution is 5.74. The minimum absolute atomic E-state index is 0.0219. The topological polar surface area (TPSA) is 88.9 Å². The summed E-state index contributed by atoms with van der Waals surface area (Å²) in [5.41, 5.74) is 2.80. The summed E-state index contributed by atoms with van der Waals surface area (Å²) in [6, 6.07) is 8.09. The van der Waals surface area contributed by atoms with Gasteiger partial charge in [0.25, 0.3) is 0 Å². The molecule has 6 nitrogen and oxygen atoms in total. The Kier molecular flexibility index (Phi) is 7.00. The normalized spacial score (nSPS) is 12.2. The molecule has 0 spiro atoms. The smallest absolute Gasteiger partial charge is 0.303 e. The second kappa shape index (κ2) is 9.88. The zero-order chi connectivity index (χ0) is 19.8. The van der Waals surface area contributed by atoms with Crippen molar-refractivity contribution in [1.82, 2.24) is 19.9 Å². The highest BCUT2D eigenvalue weighted by atomic mass is 16.4. The molecule has 1 atom stereocenters. The molecule has 0 fully saturated rings. The van der Waals surface area contributed by atoms with E-state index >= 15 is 0 Å². The first-order valence-corrected chi connectivity index (χ1v) is 9.83. The van der Waals surface area contributed by atoms with Gasteiger partial charge in [-0.05, 0) is 61.9 Å². The van der Waals surface area contributed by atoms with Crippen LogP contribution in [0.5, 0.6) is 0 Å². The molecule has 0 radical (unpaired) electrons. The zero-order valence-electron chi connectivity index (χ0n) is 16.2. The average molecular weight is 378 g/mol. The number of carboxylic acids is 1. The van der Waals surface area contributed by atoms with E-state index in [1.54, 1.807) is 18.6 Å². The van der Waals surface area contributed by atoms with E-state index in [0.717, 1.165) is 60.8 Å². The van der Waals surface area contributed by atoms with Crippen molar-refractivity contribution >= 4 is 17.0 Å². The molecule has 1 N–H and O–H groups in total. The minimum Gasteiger partial charge on any atom is -0.481 e. The Morgan fingerprint density at radius 2 is 1.82 bits per heavy atom. The van der Waals surface area contributed by atoms with Crippen molar-refractivity contribution in [2.45, 2.75) is 57.8 Å². The Balaban J connectivity index is 1.42. The summed E-state index contributed by atoms with van der Waals surface area (Å²) < 4.78 is 0. The van der Waals surface area contributed by atoms with Gasteiger partial charge >= 0.3 is 5.97 Å². The number of nitrogens with zero attached hydrogens (tertiary/aromatic N) is 4. The van der Waals surface area contributed by atoms with Crippen molar-refractivity contribution in [2.75, 3.05) is 0 Å². The van der Waals surface area contributed by atoms with E-state index in [1.807, 2.05) is 19.1 Å². The second-order valence-electron chi connectivity index (χ2n) is 7.16. The van der Waals surface area contributed by atoms with E-state index in [9.17, 15) is 9.90 Å². The van der Waals surface area contributed by atoms with E-state index in [0.29, 0.717) is 5.82 Å². The monoisotopic (exact) mass is 378 g/mol. The Morgan fingerprint density at radius 1 is 1.04 bits per heavy atom. The Labute approximate surface area is 165 Å². The van der Waals surface area contributed by atoms with E-state index < -0.39 is 5.97 Å². The van der Waals surface area contributed by atoms with Crippen LogP contribution in [0.4, 0.5) is 0 Å². The van der Waals surface area contributed by atoms with Gasteiger partial charge in [-0.3, -0.25) is 4.79 Å². The molecule has 0 saturated heterocycles. The minimum atomic E-state index is -0.776. The lowest BCUT2D eigenvalue weighted by atomic mass is 9.92. The van der Waals surface area contributed by atoms with Crippen LogP contribution >= 0.6 is 0 Å². The van der Waals surface area contributed by atoms with Crippen LogP contribution in [-0.2, 0) is 11.2 Å². The molecule has 3 aromatic heterocycles. The molecule has 3 rings (SSSR count). The standard InChI is InChI=1S/C22H26N4O2/c1-16-24-14-19(15-25-16)18(13-21(27)28)7-4-2-3-5-9-20-11-10-17-8-6-12-23-22(17)26-20/h6,8,10-12,14-15,18H,2-5,7,9,13H2,1H3,(H,27,28)/t18-/m0/s1. The van der Waals surface area contributed by atoms with E-state index in [-0.39, 0.29) is 12.3 Å². The summed E-state index contributed by atoms with van der Waals surface area (Å²) in [5.74, 6) is -0.0942. The van der Waals surface area contributed by atoms with Gasteiger partial charge in [-0.25, -0.2) is 19.9 Å². The Hall–Kier alpha value is -2.89. The molecular formula is C22H26N4O2. The fourth-order valence-corrected chi connectivity index (χ4v) is 3.39. The lowest BCUT2D eigenvalue weighted by molar-refractivity contribution is -0.137. The molecule has 0 bridgehead atoms. The molecule has 6 heteroatoms. The van der Waals surface area contributed by atoms with Gasteiger partial charge in [-0.15, -0.1) is 0 Å². The molecular weight excluding hydrogens is 352 g/mol. The predicted octanol–water partition coefficient (Wildman–Crippen LogP) is 4.48. The maximum atomic E-state index is 11.2. The van der Waals surface area contributed by atoms with Gasteiger partial charge < -0.3 is 5.11 Å². The van der Waals surface area contributed by atoms with Gasteiger partial charge in [0, 0.05) is 29.7 Å². The molecule has 0 aromatic carbocycles. The van der Waals surface area contributed by atoms with Crippen LogP contribution in [0, 0.1) is 6.92 Å². The van der Waals surface area contributed by atoms with Gasteiger partial charge in [-0.1, -0.05) is 19.3 Å². The lowest BCUT2D eigenvalue weighted by Crippen LogP contribution is -2.08. The number of aliphatic carboxylic acids is 1. The molecule has 3 heterocycles. The number of hydrogen-bond donors (Lipinski definition) is 1. The van der Waals surface area contributed by atoms with Crippen molar-refractivity contribution in [1.29, 1.82) is 0 Å². The van der Waals surface area contributed by atoms with Crippen molar-refractivity contribution in [3.63, 3.8) is 0 Å².